The second kappa shape index (κ2) is 5.29. The number of nitrogens with zero attached hydrogens (tertiary/aromatic N) is 1. The van der Waals surface area contributed by atoms with E-state index in [4.69, 9.17) is 11.6 Å². The largest absolute Gasteiger partial charge is 0.343 e. The standard InChI is InChI=1S/C17H15ClFN/c1-2-12-5-3-6-13-9-10-20(17(12)13)11-14-7-4-8-15(18)16(14)19/h3-10H,2,11H2,1H3. The van der Waals surface area contributed by atoms with E-state index in [0.717, 1.165) is 6.42 Å². The van der Waals surface area contributed by atoms with Gasteiger partial charge in [0.05, 0.1) is 17.1 Å². The van der Waals surface area contributed by atoms with Gasteiger partial charge in [0.25, 0.3) is 0 Å². The highest BCUT2D eigenvalue weighted by Gasteiger charge is 2.10. The molecule has 0 aliphatic rings. The van der Waals surface area contributed by atoms with Crippen LogP contribution in [0.2, 0.25) is 5.02 Å². The van der Waals surface area contributed by atoms with Crippen LogP contribution in [-0.2, 0) is 13.0 Å². The van der Waals surface area contributed by atoms with Crippen molar-refractivity contribution in [1.29, 1.82) is 0 Å². The van der Waals surface area contributed by atoms with E-state index in [2.05, 4.69) is 35.8 Å². The highest BCUT2D eigenvalue weighted by molar-refractivity contribution is 6.30. The quantitative estimate of drug-likeness (QED) is 0.636. The van der Waals surface area contributed by atoms with Gasteiger partial charge >= 0.3 is 0 Å². The third-order valence-corrected chi connectivity index (χ3v) is 3.92. The maximum absolute atomic E-state index is 14.0. The lowest BCUT2D eigenvalue weighted by molar-refractivity contribution is 0.602. The lowest BCUT2D eigenvalue weighted by Crippen LogP contribution is -2.02. The number of halogens is 2. The molecule has 1 aromatic heterocycles. The van der Waals surface area contributed by atoms with Crippen LogP contribution in [0.4, 0.5) is 4.39 Å². The minimum Gasteiger partial charge on any atom is -0.343 e. The summed E-state index contributed by atoms with van der Waals surface area (Å²) in [6.45, 7) is 2.62. The Balaban J connectivity index is 2.09. The van der Waals surface area contributed by atoms with Crippen LogP contribution in [0.1, 0.15) is 18.1 Å². The zero-order valence-corrected chi connectivity index (χ0v) is 12.0. The molecule has 1 heterocycles. The Bertz CT molecular complexity index is 761. The topological polar surface area (TPSA) is 4.93 Å². The molecule has 0 atom stereocenters. The molecule has 0 radical (unpaired) electrons. The van der Waals surface area contributed by atoms with Crippen molar-refractivity contribution >= 4 is 22.5 Å². The molecular weight excluding hydrogens is 273 g/mol. The van der Waals surface area contributed by atoms with Crippen molar-refractivity contribution in [2.24, 2.45) is 0 Å². The van der Waals surface area contributed by atoms with Crippen molar-refractivity contribution in [3.8, 4) is 0 Å². The molecule has 0 amide bonds. The molecule has 102 valence electrons. The molecule has 20 heavy (non-hydrogen) atoms. The van der Waals surface area contributed by atoms with Crippen LogP contribution in [0.5, 0.6) is 0 Å². The summed E-state index contributed by atoms with van der Waals surface area (Å²) in [5.41, 5.74) is 3.06. The molecule has 0 fully saturated rings. The predicted octanol–water partition coefficient (Wildman–Crippen LogP) is 5.04. The molecule has 3 heteroatoms. The molecule has 0 unspecified atom stereocenters. The number of rotatable bonds is 3. The molecule has 3 rings (SSSR count). The fraction of sp³-hybridized carbons (Fsp3) is 0.176. The maximum Gasteiger partial charge on any atom is 0.146 e. The van der Waals surface area contributed by atoms with Crippen LogP contribution in [0.3, 0.4) is 0 Å². The summed E-state index contributed by atoms with van der Waals surface area (Å²) in [7, 11) is 0. The van der Waals surface area contributed by atoms with Gasteiger partial charge in [0, 0.05) is 11.8 Å². The first-order valence-electron chi connectivity index (χ1n) is 6.70. The van der Waals surface area contributed by atoms with Gasteiger partial charge in [0.15, 0.2) is 0 Å². The smallest absolute Gasteiger partial charge is 0.146 e. The van der Waals surface area contributed by atoms with E-state index in [1.165, 1.54) is 16.5 Å². The predicted molar refractivity (Wildman–Crippen MR) is 81.8 cm³/mol. The first-order valence-corrected chi connectivity index (χ1v) is 7.08. The Morgan fingerprint density at radius 2 is 1.80 bits per heavy atom. The number of fused-ring (bicyclic) bond motifs is 1. The SMILES string of the molecule is CCc1cccc2ccn(Cc3cccc(Cl)c3F)c12. The number of aromatic nitrogens is 1. The van der Waals surface area contributed by atoms with Gasteiger partial charge in [-0.3, -0.25) is 0 Å². The van der Waals surface area contributed by atoms with E-state index in [9.17, 15) is 4.39 Å². The fourth-order valence-corrected chi connectivity index (χ4v) is 2.81. The van der Waals surface area contributed by atoms with Gasteiger partial charge in [-0.15, -0.1) is 0 Å². The first-order chi connectivity index (χ1) is 9.70. The number of hydrogen-bond donors (Lipinski definition) is 0. The zero-order valence-electron chi connectivity index (χ0n) is 11.2. The molecule has 3 aromatic rings. The summed E-state index contributed by atoms with van der Waals surface area (Å²) in [4.78, 5) is 0. The molecule has 0 saturated heterocycles. The van der Waals surface area contributed by atoms with Crippen molar-refractivity contribution in [2.75, 3.05) is 0 Å². The van der Waals surface area contributed by atoms with Gasteiger partial charge in [-0.05, 0) is 29.5 Å². The molecule has 0 saturated carbocycles. The number of aryl methyl sites for hydroxylation is 1. The van der Waals surface area contributed by atoms with E-state index < -0.39 is 0 Å². The summed E-state index contributed by atoms with van der Waals surface area (Å²) in [6.07, 6.45) is 2.96. The molecule has 0 bridgehead atoms. The Morgan fingerprint density at radius 3 is 2.60 bits per heavy atom. The van der Waals surface area contributed by atoms with Crippen molar-refractivity contribution in [2.45, 2.75) is 19.9 Å². The van der Waals surface area contributed by atoms with Gasteiger partial charge in [-0.1, -0.05) is 48.9 Å². The molecule has 0 aliphatic heterocycles. The normalized spacial score (nSPS) is 11.2. The number of para-hydroxylation sites is 1. The number of hydrogen-bond acceptors (Lipinski definition) is 0. The van der Waals surface area contributed by atoms with E-state index >= 15 is 0 Å². The van der Waals surface area contributed by atoms with E-state index in [0.29, 0.717) is 12.1 Å². The van der Waals surface area contributed by atoms with Crippen LogP contribution in [0.15, 0.2) is 48.7 Å². The van der Waals surface area contributed by atoms with Gasteiger partial charge < -0.3 is 4.57 Å². The molecule has 0 aliphatic carbocycles. The maximum atomic E-state index is 14.0. The van der Waals surface area contributed by atoms with Gasteiger partial charge in [-0.25, -0.2) is 4.39 Å². The Kier molecular flexibility index (Phi) is 3.49. The lowest BCUT2D eigenvalue weighted by Gasteiger charge is -2.10. The van der Waals surface area contributed by atoms with Gasteiger partial charge in [-0.2, -0.15) is 0 Å². The zero-order chi connectivity index (χ0) is 14.1. The summed E-state index contributed by atoms with van der Waals surface area (Å²) in [5.74, 6) is -0.329. The third-order valence-electron chi connectivity index (χ3n) is 3.63. The first kappa shape index (κ1) is 13.2. The second-order valence-corrected chi connectivity index (χ2v) is 5.27. The molecule has 2 aromatic carbocycles. The van der Waals surface area contributed by atoms with E-state index in [1.54, 1.807) is 18.2 Å². The molecule has 0 N–H and O–H groups in total. The van der Waals surface area contributed by atoms with Crippen LogP contribution < -0.4 is 0 Å². The van der Waals surface area contributed by atoms with Gasteiger partial charge in [0.2, 0.25) is 0 Å². The molecular formula is C17H15ClFN. The lowest BCUT2D eigenvalue weighted by atomic mass is 10.1. The minimum atomic E-state index is -0.329. The van der Waals surface area contributed by atoms with E-state index in [1.807, 2.05) is 6.20 Å². The van der Waals surface area contributed by atoms with Crippen molar-refractivity contribution in [3.63, 3.8) is 0 Å². The van der Waals surface area contributed by atoms with Crippen LogP contribution in [0, 0.1) is 5.82 Å². The Morgan fingerprint density at radius 1 is 1.05 bits per heavy atom. The highest BCUT2D eigenvalue weighted by Crippen LogP contribution is 2.24. The van der Waals surface area contributed by atoms with Crippen LogP contribution in [-0.4, -0.2) is 4.57 Å². The van der Waals surface area contributed by atoms with Crippen LogP contribution >= 0.6 is 11.6 Å². The summed E-state index contributed by atoms with van der Waals surface area (Å²) in [5, 5.41) is 1.36. The van der Waals surface area contributed by atoms with Crippen molar-refractivity contribution in [1.82, 2.24) is 4.57 Å². The summed E-state index contributed by atoms with van der Waals surface area (Å²) >= 11 is 5.85. The van der Waals surface area contributed by atoms with Crippen molar-refractivity contribution in [3.05, 3.63) is 70.6 Å². The third kappa shape index (κ3) is 2.20. The van der Waals surface area contributed by atoms with Crippen LogP contribution in [0.25, 0.3) is 10.9 Å². The Labute approximate surface area is 122 Å². The Hall–Kier alpha value is -1.80. The monoisotopic (exact) mass is 287 g/mol. The highest BCUT2D eigenvalue weighted by atomic mass is 35.5. The average molecular weight is 288 g/mol. The number of benzene rings is 2. The van der Waals surface area contributed by atoms with Crippen molar-refractivity contribution < 1.29 is 4.39 Å². The average Bonchev–Trinajstić information content (AvgIpc) is 2.87. The van der Waals surface area contributed by atoms with Gasteiger partial charge in [0.1, 0.15) is 5.82 Å². The summed E-state index contributed by atoms with van der Waals surface area (Å²) < 4.78 is 16.1. The summed E-state index contributed by atoms with van der Waals surface area (Å²) in [6, 6.07) is 13.5. The fourth-order valence-electron chi connectivity index (χ4n) is 2.61. The second-order valence-electron chi connectivity index (χ2n) is 4.87. The minimum absolute atomic E-state index is 0.176. The molecule has 0 spiro atoms. The molecule has 1 nitrogen and oxygen atoms in total. The van der Waals surface area contributed by atoms with E-state index in [-0.39, 0.29) is 10.8 Å².